The van der Waals surface area contributed by atoms with Crippen LogP contribution in [0.1, 0.15) is 0 Å². The molecule has 0 unspecified atom stereocenters. The summed E-state index contributed by atoms with van der Waals surface area (Å²) in [6.45, 7) is 0. The van der Waals surface area contributed by atoms with Gasteiger partial charge in [0.05, 0.1) is 22.4 Å². The molecule has 4 heterocycles. The van der Waals surface area contributed by atoms with Crippen molar-refractivity contribution >= 4 is 42.7 Å². The highest BCUT2D eigenvalue weighted by atomic mass is 32.1. The van der Waals surface area contributed by atoms with Gasteiger partial charge in [0, 0.05) is 37.7 Å². The Morgan fingerprint density at radius 1 is 0.362 bits per heavy atom. The maximum Gasteiger partial charge on any atom is 0.164 e. The molecule has 0 aliphatic rings. The van der Waals surface area contributed by atoms with Crippen molar-refractivity contribution in [1.29, 1.82) is 0 Å². The number of rotatable bonds is 5. The fourth-order valence-corrected chi connectivity index (χ4v) is 6.94. The molecule has 0 bridgehead atoms. The first-order valence-corrected chi connectivity index (χ1v) is 16.1. The molecule has 220 valence electrons. The minimum Gasteiger partial charge on any atom is -0.244 e. The standard InChI is InChI=1S/C40H24N6S/c1-3-12-25(13-4-1)37-44-38(26-14-5-2-6-15-26)46-39(45-37)28-17-11-16-27(24-28)35-36(42-32-20-9-8-19-31(32)41-35)33-23-22-30-29-18-7-10-21-34(29)47-40(30)43-33/h1-24H. The van der Waals surface area contributed by atoms with Crippen LogP contribution in [0.4, 0.5) is 0 Å². The summed E-state index contributed by atoms with van der Waals surface area (Å²) in [5.74, 6) is 1.82. The lowest BCUT2D eigenvalue weighted by molar-refractivity contribution is 1.07. The van der Waals surface area contributed by atoms with Gasteiger partial charge in [0.15, 0.2) is 17.5 Å². The molecule has 9 aromatic rings. The van der Waals surface area contributed by atoms with Crippen molar-refractivity contribution in [2.24, 2.45) is 0 Å². The van der Waals surface area contributed by atoms with E-state index in [9.17, 15) is 0 Å². The maximum atomic E-state index is 5.16. The predicted molar refractivity (Wildman–Crippen MR) is 191 cm³/mol. The van der Waals surface area contributed by atoms with E-state index in [1.54, 1.807) is 11.3 Å². The number of pyridine rings is 1. The highest BCUT2D eigenvalue weighted by Gasteiger charge is 2.18. The van der Waals surface area contributed by atoms with E-state index in [0.29, 0.717) is 17.5 Å². The summed E-state index contributed by atoms with van der Waals surface area (Å²) < 4.78 is 1.21. The molecule has 0 saturated carbocycles. The second-order valence-electron chi connectivity index (χ2n) is 11.2. The second kappa shape index (κ2) is 11.3. The van der Waals surface area contributed by atoms with E-state index >= 15 is 0 Å². The minimum atomic E-state index is 0.583. The Balaban J connectivity index is 1.22. The Kier molecular flexibility index (Phi) is 6.54. The van der Waals surface area contributed by atoms with Crippen molar-refractivity contribution in [2.75, 3.05) is 0 Å². The van der Waals surface area contributed by atoms with E-state index in [2.05, 4.69) is 48.5 Å². The summed E-state index contributed by atoms with van der Waals surface area (Å²) >= 11 is 1.69. The van der Waals surface area contributed by atoms with E-state index < -0.39 is 0 Å². The van der Waals surface area contributed by atoms with Gasteiger partial charge in [-0.3, -0.25) is 0 Å². The molecular formula is C40H24N6S. The van der Waals surface area contributed by atoms with E-state index in [4.69, 9.17) is 29.9 Å². The monoisotopic (exact) mass is 620 g/mol. The summed E-state index contributed by atoms with van der Waals surface area (Å²) in [4.78, 5) is 31.2. The molecule has 7 heteroatoms. The van der Waals surface area contributed by atoms with Gasteiger partial charge in [-0.05, 0) is 36.4 Å². The molecule has 0 aliphatic heterocycles. The van der Waals surface area contributed by atoms with E-state index in [1.165, 1.54) is 10.1 Å². The van der Waals surface area contributed by atoms with Gasteiger partial charge in [0.25, 0.3) is 0 Å². The van der Waals surface area contributed by atoms with Crippen LogP contribution in [0, 0.1) is 0 Å². The molecular weight excluding hydrogens is 597 g/mol. The smallest absolute Gasteiger partial charge is 0.164 e. The van der Waals surface area contributed by atoms with Crippen molar-refractivity contribution < 1.29 is 0 Å². The zero-order valence-electron chi connectivity index (χ0n) is 24.9. The quantitative estimate of drug-likeness (QED) is 0.191. The van der Waals surface area contributed by atoms with Crippen molar-refractivity contribution in [1.82, 2.24) is 29.9 Å². The van der Waals surface area contributed by atoms with E-state index in [-0.39, 0.29) is 0 Å². The molecule has 0 N–H and O–H groups in total. The average molecular weight is 621 g/mol. The van der Waals surface area contributed by atoms with Gasteiger partial charge in [-0.1, -0.05) is 109 Å². The lowest BCUT2D eigenvalue weighted by atomic mass is 10.0. The van der Waals surface area contributed by atoms with Crippen LogP contribution in [0.5, 0.6) is 0 Å². The average Bonchev–Trinajstić information content (AvgIpc) is 3.53. The minimum absolute atomic E-state index is 0.583. The fraction of sp³-hybridized carbons (Fsp3) is 0. The van der Waals surface area contributed by atoms with Gasteiger partial charge in [-0.2, -0.15) is 0 Å². The van der Waals surface area contributed by atoms with Gasteiger partial charge in [0.2, 0.25) is 0 Å². The van der Waals surface area contributed by atoms with Gasteiger partial charge in [0.1, 0.15) is 10.5 Å². The number of hydrogen-bond donors (Lipinski definition) is 0. The van der Waals surface area contributed by atoms with Gasteiger partial charge in [-0.25, -0.2) is 29.9 Å². The SMILES string of the molecule is c1ccc(-c2nc(-c3ccccc3)nc(-c3cccc(-c4nc5ccccc5nc4-c4ccc5c(n4)sc4ccccc45)c3)n2)cc1. The number of para-hydroxylation sites is 2. The van der Waals surface area contributed by atoms with Crippen LogP contribution in [0.15, 0.2) is 146 Å². The third-order valence-electron chi connectivity index (χ3n) is 8.15. The molecule has 0 amide bonds. The number of fused-ring (bicyclic) bond motifs is 4. The van der Waals surface area contributed by atoms with E-state index in [1.807, 2.05) is 97.1 Å². The largest absolute Gasteiger partial charge is 0.244 e. The molecule has 6 nitrogen and oxygen atoms in total. The summed E-state index contributed by atoms with van der Waals surface area (Å²) in [6.07, 6.45) is 0. The van der Waals surface area contributed by atoms with Crippen LogP contribution >= 0.6 is 11.3 Å². The molecule has 0 fully saturated rings. The predicted octanol–water partition coefficient (Wildman–Crippen LogP) is 9.91. The van der Waals surface area contributed by atoms with Crippen molar-refractivity contribution in [2.45, 2.75) is 0 Å². The van der Waals surface area contributed by atoms with Crippen LogP contribution in [0.3, 0.4) is 0 Å². The first kappa shape index (κ1) is 27.2. The zero-order chi connectivity index (χ0) is 31.2. The summed E-state index contributed by atoms with van der Waals surface area (Å²) in [7, 11) is 0. The Hall–Kier alpha value is -6.18. The highest BCUT2D eigenvalue weighted by Crippen LogP contribution is 2.37. The number of hydrogen-bond acceptors (Lipinski definition) is 7. The summed E-state index contributed by atoms with van der Waals surface area (Å²) in [5.41, 5.74) is 7.50. The number of aromatic nitrogens is 6. The van der Waals surface area contributed by atoms with Crippen molar-refractivity contribution in [3.63, 3.8) is 0 Å². The molecule has 0 aliphatic carbocycles. The third-order valence-corrected chi connectivity index (χ3v) is 9.23. The van der Waals surface area contributed by atoms with Crippen LogP contribution in [0.2, 0.25) is 0 Å². The van der Waals surface area contributed by atoms with Crippen LogP contribution in [-0.2, 0) is 0 Å². The van der Waals surface area contributed by atoms with E-state index in [0.717, 1.165) is 60.6 Å². The summed E-state index contributed by atoms with van der Waals surface area (Å²) in [5, 5.41) is 2.36. The molecule has 0 saturated heterocycles. The van der Waals surface area contributed by atoms with Crippen LogP contribution < -0.4 is 0 Å². The maximum absolute atomic E-state index is 5.16. The topological polar surface area (TPSA) is 77.3 Å². The van der Waals surface area contributed by atoms with Gasteiger partial charge < -0.3 is 0 Å². The number of nitrogens with zero attached hydrogens (tertiary/aromatic N) is 6. The lowest BCUT2D eigenvalue weighted by Crippen LogP contribution is -2.01. The Morgan fingerprint density at radius 3 is 1.62 bits per heavy atom. The molecule has 9 rings (SSSR count). The normalized spacial score (nSPS) is 11.4. The van der Waals surface area contributed by atoms with Crippen LogP contribution in [-0.4, -0.2) is 29.9 Å². The molecule has 5 aromatic carbocycles. The lowest BCUT2D eigenvalue weighted by Gasteiger charge is -2.12. The van der Waals surface area contributed by atoms with Gasteiger partial charge in [-0.15, -0.1) is 11.3 Å². The fourth-order valence-electron chi connectivity index (χ4n) is 5.86. The first-order chi connectivity index (χ1) is 23.3. The zero-order valence-corrected chi connectivity index (χ0v) is 25.8. The summed E-state index contributed by atoms with van der Waals surface area (Å²) in [6, 6.07) is 48.8. The number of benzene rings is 5. The van der Waals surface area contributed by atoms with Crippen molar-refractivity contribution in [3.05, 3.63) is 146 Å². The molecule has 4 aromatic heterocycles. The molecule has 0 radical (unpaired) electrons. The number of thiophene rings is 1. The molecule has 47 heavy (non-hydrogen) atoms. The Morgan fingerprint density at radius 2 is 0.915 bits per heavy atom. The Labute approximate surface area is 274 Å². The van der Waals surface area contributed by atoms with Gasteiger partial charge >= 0.3 is 0 Å². The molecule has 0 spiro atoms. The Bertz CT molecular complexity index is 2520. The third kappa shape index (κ3) is 4.99. The molecule has 0 atom stereocenters. The second-order valence-corrected chi connectivity index (χ2v) is 12.2. The first-order valence-electron chi connectivity index (χ1n) is 15.3. The highest BCUT2D eigenvalue weighted by molar-refractivity contribution is 7.25. The van der Waals surface area contributed by atoms with Crippen molar-refractivity contribution in [3.8, 4) is 56.8 Å². The van der Waals surface area contributed by atoms with Crippen LogP contribution in [0.25, 0.3) is 88.1 Å².